The van der Waals surface area contributed by atoms with Gasteiger partial charge in [-0.15, -0.1) is 0 Å². The summed E-state index contributed by atoms with van der Waals surface area (Å²) in [6.45, 7) is 1.42. The van der Waals surface area contributed by atoms with Gasteiger partial charge in [0.2, 0.25) is 5.91 Å². The predicted octanol–water partition coefficient (Wildman–Crippen LogP) is 1.40. The van der Waals surface area contributed by atoms with Gasteiger partial charge in [0.15, 0.2) is 0 Å². The van der Waals surface area contributed by atoms with Crippen molar-refractivity contribution in [3.63, 3.8) is 0 Å². The van der Waals surface area contributed by atoms with Crippen molar-refractivity contribution >= 4 is 17.5 Å². The van der Waals surface area contributed by atoms with Crippen molar-refractivity contribution < 1.29 is 22.4 Å². The third-order valence-electron chi connectivity index (χ3n) is 5.79. The lowest BCUT2D eigenvalue weighted by atomic mass is 10.0. The summed E-state index contributed by atoms with van der Waals surface area (Å²) >= 11 is 0. The third-order valence-corrected chi connectivity index (χ3v) is 5.79. The molecule has 7 nitrogen and oxygen atoms in total. The van der Waals surface area contributed by atoms with Gasteiger partial charge < -0.3 is 20.4 Å². The van der Waals surface area contributed by atoms with E-state index in [0.717, 1.165) is 0 Å². The number of anilines is 2. The summed E-state index contributed by atoms with van der Waals surface area (Å²) in [5, 5.41) is 0. The topological polar surface area (TPSA) is 78.6 Å². The van der Waals surface area contributed by atoms with E-state index in [1.165, 1.54) is 9.80 Å². The van der Waals surface area contributed by atoms with Gasteiger partial charge in [-0.1, -0.05) is 0 Å². The summed E-state index contributed by atoms with van der Waals surface area (Å²) in [5.41, 5.74) is 6.19. The van der Waals surface area contributed by atoms with Crippen molar-refractivity contribution in [2.24, 2.45) is 5.73 Å². The Morgan fingerprint density at radius 1 is 1.03 bits per heavy atom. The van der Waals surface area contributed by atoms with Crippen molar-refractivity contribution in [2.45, 2.75) is 50.1 Å². The first-order valence-corrected chi connectivity index (χ1v) is 9.69. The zero-order chi connectivity index (χ0) is 21.0. The number of carbonyl (C=O) groups excluding carboxylic acids is 1. The van der Waals surface area contributed by atoms with Crippen molar-refractivity contribution in [1.29, 1.82) is 0 Å². The molecule has 0 spiro atoms. The lowest BCUT2D eigenvalue weighted by molar-refractivity contribution is -0.150. The summed E-state index contributed by atoms with van der Waals surface area (Å²) < 4.78 is 54.8. The van der Waals surface area contributed by atoms with E-state index < -0.39 is 43.4 Å². The van der Waals surface area contributed by atoms with Crippen LogP contribution in [0.15, 0.2) is 6.07 Å². The molecule has 0 unspecified atom stereocenters. The maximum absolute atomic E-state index is 13.8. The monoisotopic (exact) mass is 416 g/mol. The number of halogens is 4. The second-order valence-corrected chi connectivity index (χ2v) is 8.17. The summed E-state index contributed by atoms with van der Waals surface area (Å²) in [4.78, 5) is 25.4. The number of aryl methyl sites for hydroxylation is 1. The fourth-order valence-electron chi connectivity index (χ4n) is 4.27. The lowest BCUT2D eigenvalue weighted by Crippen LogP contribution is -2.56. The zero-order valence-corrected chi connectivity index (χ0v) is 16.1. The number of nitrogens with two attached hydrogens (primary N) is 1. The highest BCUT2D eigenvalue weighted by molar-refractivity contribution is 5.78. The van der Waals surface area contributed by atoms with Crippen molar-refractivity contribution in [3.05, 3.63) is 11.9 Å². The fraction of sp³-hybridized carbons (Fsp3) is 0.722. The number of carbonyl (C=O) groups is 1. The predicted molar refractivity (Wildman–Crippen MR) is 98.4 cm³/mol. The van der Waals surface area contributed by atoms with E-state index in [1.54, 1.807) is 13.0 Å². The summed E-state index contributed by atoms with van der Waals surface area (Å²) in [7, 11) is 0. The number of amides is 1. The smallest absolute Gasteiger partial charge is 0.266 e. The van der Waals surface area contributed by atoms with E-state index in [0.29, 0.717) is 24.0 Å². The number of hydrogen-bond acceptors (Lipinski definition) is 6. The molecule has 2 atom stereocenters. The molecule has 4 heterocycles. The molecule has 0 aromatic carbocycles. The molecule has 3 aliphatic rings. The Morgan fingerprint density at radius 2 is 1.69 bits per heavy atom. The second-order valence-electron chi connectivity index (χ2n) is 8.17. The molecule has 0 saturated carbocycles. The number of alkyl halides is 4. The molecule has 3 fully saturated rings. The van der Waals surface area contributed by atoms with E-state index >= 15 is 0 Å². The van der Waals surface area contributed by atoms with Crippen LogP contribution < -0.4 is 15.5 Å². The van der Waals surface area contributed by atoms with Crippen LogP contribution >= 0.6 is 0 Å². The first-order chi connectivity index (χ1) is 13.5. The number of aromatic nitrogens is 2. The minimum absolute atomic E-state index is 0.197. The van der Waals surface area contributed by atoms with E-state index in [-0.39, 0.29) is 31.8 Å². The third kappa shape index (κ3) is 4.10. The van der Waals surface area contributed by atoms with Crippen LogP contribution in [0.3, 0.4) is 0 Å². The standard InChI is InChI=1S/C18H24F4N6O/c1-11-24-14(26-5-4-18(21,22)9-26)6-15(25-11)27-7-12(23)13(8-27)28-10-17(19,20)3-2-16(28)29/h6,12-13H,2-5,7-10,23H2,1H3/t12-,13+/m1/s1. The van der Waals surface area contributed by atoms with Crippen LogP contribution in [-0.2, 0) is 4.79 Å². The van der Waals surface area contributed by atoms with Gasteiger partial charge >= 0.3 is 0 Å². The average Bonchev–Trinajstić information content (AvgIpc) is 3.19. The Bertz CT molecular complexity index is 807. The Kier molecular flexibility index (Phi) is 4.83. The van der Waals surface area contributed by atoms with Crippen LogP contribution in [0.4, 0.5) is 29.2 Å². The van der Waals surface area contributed by atoms with Gasteiger partial charge in [0.1, 0.15) is 17.5 Å². The summed E-state index contributed by atoms with van der Waals surface area (Å²) in [6.07, 6.45) is -0.869. The minimum atomic E-state index is -2.92. The number of likely N-dealkylation sites (tertiary alicyclic amines) is 1. The Hall–Kier alpha value is -2.17. The normalized spacial score (nSPS) is 29.0. The van der Waals surface area contributed by atoms with Crippen molar-refractivity contribution in [3.8, 4) is 0 Å². The van der Waals surface area contributed by atoms with Crippen LogP contribution in [0.25, 0.3) is 0 Å². The first kappa shape index (κ1) is 20.1. The minimum Gasteiger partial charge on any atom is -0.353 e. The molecule has 0 radical (unpaired) electrons. The molecular weight excluding hydrogens is 392 g/mol. The van der Waals surface area contributed by atoms with E-state index in [4.69, 9.17) is 5.73 Å². The maximum Gasteiger partial charge on any atom is 0.266 e. The first-order valence-electron chi connectivity index (χ1n) is 9.69. The highest BCUT2D eigenvalue weighted by atomic mass is 19.3. The number of piperidine rings is 1. The molecule has 1 aromatic heterocycles. The quantitative estimate of drug-likeness (QED) is 0.751. The largest absolute Gasteiger partial charge is 0.353 e. The Labute approximate surface area is 165 Å². The highest BCUT2D eigenvalue weighted by Gasteiger charge is 2.46. The zero-order valence-electron chi connectivity index (χ0n) is 16.1. The fourth-order valence-corrected chi connectivity index (χ4v) is 4.27. The molecular formula is C18H24F4N6O. The number of rotatable bonds is 3. The summed E-state index contributed by atoms with van der Waals surface area (Å²) in [5.74, 6) is -4.66. The van der Waals surface area contributed by atoms with Crippen LogP contribution in [0.1, 0.15) is 25.1 Å². The van der Waals surface area contributed by atoms with Crippen LogP contribution in [-0.4, -0.2) is 77.4 Å². The van der Waals surface area contributed by atoms with Gasteiger partial charge in [0.25, 0.3) is 11.8 Å². The SMILES string of the molecule is Cc1nc(N2C[C@@H](N)[C@@H](N3CC(F)(F)CCC3=O)C2)cc(N2CCC(F)(F)C2)n1. The second kappa shape index (κ2) is 6.96. The molecule has 3 aliphatic heterocycles. The van der Waals surface area contributed by atoms with Crippen LogP contribution in [0.2, 0.25) is 0 Å². The van der Waals surface area contributed by atoms with Gasteiger partial charge in [-0.05, 0) is 6.92 Å². The van der Waals surface area contributed by atoms with E-state index in [9.17, 15) is 22.4 Å². The molecule has 2 N–H and O–H groups in total. The Balaban J connectivity index is 1.53. The molecule has 29 heavy (non-hydrogen) atoms. The molecule has 0 bridgehead atoms. The Morgan fingerprint density at radius 3 is 2.34 bits per heavy atom. The number of nitrogens with zero attached hydrogens (tertiary/aromatic N) is 5. The average molecular weight is 416 g/mol. The number of hydrogen-bond donors (Lipinski definition) is 1. The molecule has 0 aliphatic carbocycles. The van der Waals surface area contributed by atoms with E-state index in [2.05, 4.69) is 9.97 Å². The van der Waals surface area contributed by atoms with Gasteiger partial charge in [0.05, 0.1) is 19.1 Å². The van der Waals surface area contributed by atoms with Gasteiger partial charge in [-0.2, -0.15) is 0 Å². The van der Waals surface area contributed by atoms with Gasteiger partial charge in [0, 0.05) is 51.0 Å². The highest BCUT2D eigenvalue weighted by Crippen LogP contribution is 2.33. The maximum atomic E-state index is 13.8. The lowest BCUT2D eigenvalue weighted by Gasteiger charge is -2.37. The van der Waals surface area contributed by atoms with Gasteiger partial charge in [-0.3, -0.25) is 4.79 Å². The van der Waals surface area contributed by atoms with Crippen molar-refractivity contribution in [1.82, 2.24) is 14.9 Å². The molecule has 1 aromatic rings. The van der Waals surface area contributed by atoms with Crippen LogP contribution in [0.5, 0.6) is 0 Å². The van der Waals surface area contributed by atoms with Gasteiger partial charge in [-0.25, -0.2) is 27.5 Å². The summed E-state index contributed by atoms with van der Waals surface area (Å²) in [6, 6.07) is 0.557. The van der Waals surface area contributed by atoms with Crippen molar-refractivity contribution in [2.75, 3.05) is 42.5 Å². The molecule has 160 valence electrons. The molecule has 4 rings (SSSR count). The molecule has 11 heteroatoms. The molecule has 3 saturated heterocycles. The van der Waals surface area contributed by atoms with Crippen LogP contribution in [0, 0.1) is 6.92 Å². The van der Waals surface area contributed by atoms with E-state index in [1.807, 2.05) is 4.90 Å². The molecule has 1 amide bonds.